The molecule has 0 nitrogen and oxygen atoms in total. The summed E-state index contributed by atoms with van der Waals surface area (Å²) in [6.07, 6.45) is 0. The number of rotatable bonds is 10. The Labute approximate surface area is 402 Å². The maximum Gasteiger partial charge on any atom is -1.00 e. The van der Waals surface area contributed by atoms with Crippen molar-refractivity contribution in [2.45, 2.75) is 170 Å². The van der Waals surface area contributed by atoms with Gasteiger partial charge in [-0.1, -0.05) is 0 Å². The summed E-state index contributed by atoms with van der Waals surface area (Å²) >= 11 is 2.79. The van der Waals surface area contributed by atoms with Crippen LogP contribution < -0.4 is 83.9 Å². The first-order chi connectivity index (χ1) is 24.9. The Bertz CT molecular complexity index is 1920. The molecule has 0 heterocycles. The molecule has 0 aliphatic heterocycles. The van der Waals surface area contributed by atoms with E-state index in [0.29, 0.717) is 0 Å². The van der Waals surface area contributed by atoms with Gasteiger partial charge in [-0.15, -0.1) is 0 Å². The van der Waals surface area contributed by atoms with E-state index < -0.39 is 56.5 Å². The van der Waals surface area contributed by atoms with Gasteiger partial charge >= 0.3 is 369 Å². The standard InChI is InChI=1S/C48H81Si7.3ClH.Ti/c1-32-26-42(52(17,18)19)45(29-39(32)49(8,9)10)55(48-37(6)35(4)36(5)38(48)7,46-30-40(50(11,12)13)33(2)27-43(46)53(20,21)22)47-31-41(51(14,15)16)34(3)28-44(47)54(23,24)25;;;;/h26-31H,1-25H3;3*1H;/q;;;;+3/p-3. The summed E-state index contributed by atoms with van der Waals surface area (Å²) in [5.74, 6) is 0. The molecule has 3 aromatic carbocycles. The maximum absolute atomic E-state index is 3.13. The monoisotopic (exact) mass is 1010 g/mol. The van der Waals surface area contributed by atoms with Gasteiger partial charge in [0.1, 0.15) is 0 Å². The van der Waals surface area contributed by atoms with Gasteiger partial charge in [-0.2, -0.15) is 0 Å². The number of benzene rings is 3. The summed E-state index contributed by atoms with van der Waals surface area (Å²) in [5.41, 5.74) is 10.9. The van der Waals surface area contributed by atoms with E-state index in [4.69, 9.17) is 0 Å². The molecule has 11 heteroatoms. The Morgan fingerprint density at radius 3 is 0.661 bits per heavy atom. The molecular weight excluding hydrogens is 927 g/mol. The molecule has 59 heavy (non-hydrogen) atoms. The topological polar surface area (TPSA) is 0 Å². The fourth-order valence-corrected chi connectivity index (χ4v) is 34.5. The quantitative estimate of drug-likeness (QED) is 0.203. The van der Waals surface area contributed by atoms with Crippen molar-refractivity contribution in [3.05, 3.63) is 75.4 Å². The van der Waals surface area contributed by atoms with Gasteiger partial charge in [-0.3, -0.25) is 0 Å². The van der Waals surface area contributed by atoms with E-state index in [-0.39, 0.29) is 40.6 Å². The second kappa shape index (κ2) is 18.3. The molecule has 0 spiro atoms. The van der Waals surface area contributed by atoms with Gasteiger partial charge < -0.3 is 37.2 Å². The number of aryl methyl sites for hydroxylation is 3. The van der Waals surface area contributed by atoms with Gasteiger partial charge in [-0.25, -0.2) is 0 Å². The molecule has 0 atom stereocenters. The molecule has 0 unspecified atom stereocenters. The molecule has 0 aromatic heterocycles. The van der Waals surface area contributed by atoms with Crippen LogP contribution in [0.1, 0.15) is 44.4 Å². The summed E-state index contributed by atoms with van der Waals surface area (Å²) in [4.78, 5) is 0. The SMILES string of the molecule is CC1=C(C)[C]([Ti+3])([Si](c2cc([Si](C)(C)C)c(C)cc2[Si](C)(C)C)(c2cc([Si](C)(C)C)c(C)cc2[Si](C)(C)C)c2cc([Si](C)(C)C)c(C)cc2[Si](C)(C)C)C(C)=C1C.[Cl-].[Cl-].[Cl-]. The normalized spacial score (nSPS) is 15.6. The fraction of sp³-hybridized carbons (Fsp3) is 0.542. The van der Waals surface area contributed by atoms with Crippen molar-refractivity contribution in [2.24, 2.45) is 0 Å². The van der Waals surface area contributed by atoms with Crippen LogP contribution >= 0.6 is 0 Å². The minimum absolute atomic E-state index is 0. The Kier molecular flexibility index (Phi) is 17.7. The van der Waals surface area contributed by atoms with E-state index in [2.05, 4.69) is 223 Å². The van der Waals surface area contributed by atoms with Crippen LogP contribution in [-0.4, -0.2) is 56.5 Å². The molecule has 326 valence electrons. The minimum Gasteiger partial charge on any atom is -1.00 e. The van der Waals surface area contributed by atoms with Gasteiger partial charge in [0.25, 0.3) is 0 Å². The Balaban J connectivity index is 0.00000580. The van der Waals surface area contributed by atoms with Crippen LogP contribution in [0.15, 0.2) is 58.7 Å². The summed E-state index contributed by atoms with van der Waals surface area (Å²) in [7, 11) is -14.1. The predicted octanol–water partition coefficient (Wildman–Crippen LogP) is 0.296. The van der Waals surface area contributed by atoms with Gasteiger partial charge in [0.2, 0.25) is 0 Å². The van der Waals surface area contributed by atoms with E-state index >= 15 is 0 Å². The third-order valence-electron chi connectivity index (χ3n) is 13.5. The second-order valence-electron chi connectivity index (χ2n) is 24.1. The van der Waals surface area contributed by atoms with Gasteiger partial charge in [0.15, 0.2) is 0 Å². The minimum atomic E-state index is -3.13. The first-order valence-electron chi connectivity index (χ1n) is 21.5. The summed E-state index contributed by atoms with van der Waals surface area (Å²) < 4.78 is -0.151. The summed E-state index contributed by atoms with van der Waals surface area (Å²) in [6.45, 7) is 64.7. The first-order valence-corrected chi connectivity index (χ1v) is 45.2. The number of hydrogen-bond donors (Lipinski definition) is 0. The second-order valence-corrected chi connectivity index (χ2v) is 60.2. The maximum atomic E-state index is 2.93. The predicted molar refractivity (Wildman–Crippen MR) is 276 cm³/mol. The number of hydrogen-bond acceptors (Lipinski definition) is 0. The van der Waals surface area contributed by atoms with Crippen molar-refractivity contribution in [1.29, 1.82) is 0 Å². The Morgan fingerprint density at radius 1 is 0.305 bits per heavy atom. The largest absolute Gasteiger partial charge is 1.00 e. The van der Waals surface area contributed by atoms with Crippen molar-refractivity contribution >= 4 is 103 Å². The number of halogens is 3. The summed E-state index contributed by atoms with van der Waals surface area (Å²) in [5, 5.41) is 15.5. The van der Waals surface area contributed by atoms with Crippen LogP contribution in [-0.2, 0) is 20.4 Å². The van der Waals surface area contributed by atoms with E-state index in [1.807, 2.05) is 0 Å². The zero-order valence-corrected chi connectivity index (χ0v) is 52.9. The zero-order valence-electron chi connectivity index (χ0n) is 42.1. The Morgan fingerprint density at radius 2 is 0.492 bits per heavy atom. The Hall–Kier alpha value is 0.242. The van der Waals surface area contributed by atoms with E-state index in [0.717, 1.165) is 0 Å². The molecule has 0 amide bonds. The molecule has 0 saturated carbocycles. The molecule has 0 N–H and O–H groups in total. The third-order valence-corrected chi connectivity index (χ3v) is 35.3. The summed E-state index contributed by atoms with van der Waals surface area (Å²) in [6, 6.07) is 17.1. The van der Waals surface area contributed by atoms with Crippen LogP contribution in [0, 0.1) is 20.8 Å². The molecule has 3 aromatic rings. The molecule has 0 saturated heterocycles. The average Bonchev–Trinajstić information content (AvgIpc) is 3.15. The van der Waals surface area contributed by atoms with Crippen molar-refractivity contribution < 1.29 is 57.7 Å². The van der Waals surface area contributed by atoms with Crippen LogP contribution in [0.4, 0.5) is 0 Å². The van der Waals surface area contributed by atoms with Crippen molar-refractivity contribution in [3.8, 4) is 0 Å². The molecule has 1 aliphatic rings. The van der Waals surface area contributed by atoms with Crippen LogP contribution in [0.3, 0.4) is 0 Å². The molecule has 0 bridgehead atoms. The van der Waals surface area contributed by atoms with Crippen LogP contribution in [0.2, 0.25) is 121 Å². The molecule has 4 rings (SSSR count). The molecule has 0 radical (unpaired) electrons. The van der Waals surface area contributed by atoms with E-state index in [1.165, 1.54) is 27.8 Å². The van der Waals surface area contributed by atoms with Crippen molar-refractivity contribution in [2.75, 3.05) is 0 Å². The van der Waals surface area contributed by atoms with Crippen LogP contribution in [0.5, 0.6) is 0 Å². The molecule has 1 aliphatic carbocycles. The average molecular weight is 1010 g/mol. The molecule has 0 fully saturated rings. The van der Waals surface area contributed by atoms with Crippen LogP contribution in [0.25, 0.3) is 0 Å². The van der Waals surface area contributed by atoms with Gasteiger partial charge in [0, 0.05) is 0 Å². The van der Waals surface area contributed by atoms with Gasteiger partial charge in [-0.05, 0) is 0 Å². The number of allylic oxidation sites excluding steroid dienone is 4. The van der Waals surface area contributed by atoms with Crippen molar-refractivity contribution in [1.82, 2.24) is 0 Å². The fourth-order valence-electron chi connectivity index (χ4n) is 10.4. The first kappa shape index (κ1) is 57.3. The van der Waals surface area contributed by atoms with E-state index in [9.17, 15) is 0 Å². The van der Waals surface area contributed by atoms with E-state index in [1.54, 1.807) is 57.8 Å². The smallest absolute Gasteiger partial charge is 1.00 e. The van der Waals surface area contributed by atoms with Crippen molar-refractivity contribution in [3.63, 3.8) is 0 Å². The molecular formula is C48H81Cl3Si7Ti. The van der Waals surface area contributed by atoms with Gasteiger partial charge in [0.05, 0.1) is 0 Å². The third kappa shape index (κ3) is 10.1. The zero-order chi connectivity index (χ0) is 43.5.